The molecule has 5 nitrogen and oxygen atoms in total. The zero-order chi connectivity index (χ0) is 8.36. The number of ketones is 1. The van der Waals surface area contributed by atoms with Crippen molar-refractivity contribution in [1.29, 1.82) is 0 Å². The second-order valence-corrected chi connectivity index (χ2v) is 2.47. The van der Waals surface area contributed by atoms with Crippen molar-refractivity contribution in [3.63, 3.8) is 0 Å². The molecular weight excluding hydrogens is 136 g/mol. The highest BCUT2D eigenvalue weighted by atomic mass is 16.6. The molecule has 0 rings (SSSR count). The largest absolute Gasteiger partial charge is 0.739 e. The summed E-state index contributed by atoms with van der Waals surface area (Å²) in [6, 6.07) is 0. The first-order valence-electron chi connectivity index (χ1n) is 2.74. The molecule has 0 aromatic carbocycles. The first kappa shape index (κ1) is 9.03. The van der Waals surface area contributed by atoms with Crippen LogP contribution in [0.2, 0.25) is 0 Å². The van der Waals surface area contributed by atoms with E-state index in [4.69, 9.17) is 0 Å². The van der Waals surface area contributed by atoms with Crippen molar-refractivity contribution >= 4 is 5.78 Å². The molecule has 0 spiro atoms. The standard InChI is InChI=1S/C5H9N2O3/c1-4(8)5(2,3)7(10)6-9/h1-3H3/q-1. The van der Waals surface area contributed by atoms with E-state index in [1.165, 1.54) is 20.8 Å². The van der Waals surface area contributed by atoms with E-state index in [1.807, 2.05) is 0 Å². The summed E-state index contributed by atoms with van der Waals surface area (Å²) in [4.78, 5) is 20.3. The van der Waals surface area contributed by atoms with Crippen LogP contribution in [-0.2, 0) is 4.79 Å². The third-order valence-electron chi connectivity index (χ3n) is 1.41. The molecule has 10 heavy (non-hydrogen) atoms. The van der Waals surface area contributed by atoms with Gasteiger partial charge >= 0.3 is 0 Å². The lowest BCUT2D eigenvalue weighted by Gasteiger charge is -2.35. The smallest absolute Gasteiger partial charge is 0.155 e. The van der Waals surface area contributed by atoms with Crippen molar-refractivity contribution in [3.05, 3.63) is 10.1 Å². The topological polar surface area (TPSA) is 72.8 Å². The Morgan fingerprint density at radius 1 is 1.60 bits per heavy atom. The van der Waals surface area contributed by atoms with Gasteiger partial charge in [0.1, 0.15) is 5.54 Å². The zero-order valence-electron chi connectivity index (χ0n) is 6.12. The molecule has 58 valence electrons. The summed E-state index contributed by atoms with van der Waals surface area (Å²) in [5.41, 5.74) is -1.33. The molecular formula is C5H9N2O3-. The Bertz CT molecular complexity index is 155. The maximum absolute atomic E-state index is 10.6. The third-order valence-corrected chi connectivity index (χ3v) is 1.41. The molecule has 0 N–H and O–H groups in total. The fraction of sp³-hybridized carbons (Fsp3) is 0.800. The van der Waals surface area contributed by atoms with Gasteiger partial charge in [-0.2, -0.15) is 0 Å². The van der Waals surface area contributed by atoms with Gasteiger partial charge in [0.2, 0.25) is 0 Å². The maximum Gasteiger partial charge on any atom is 0.155 e. The fourth-order valence-electron chi connectivity index (χ4n) is 0.237. The van der Waals surface area contributed by atoms with Crippen molar-refractivity contribution in [3.8, 4) is 0 Å². The molecule has 0 aromatic heterocycles. The summed E-state index contributed by atoms with van der Waals surface area (Å²) in [5.74, 6) is -0.387. The molecule has 0 aromatic rings. The molecule has 0 aliphatic carbocycles. The predicted molar refractivity (Wildman–Crippen MR) is 35.8 cm³/mol. The maximum atomic E-state index is 10.6. The first-order valence-corrected chi connectivity index (χ1v) is 2.74. The van der Waals surface area contributed by atoms with E-state index in [2.05, 4.69) is 5.29 Å². The number of rotatable bonds is 3. The SMILES string of the molecule is CC(=O)C(C)(C)N([O-])N=O. The zero-order valence-corrected chi connectivity index (χ0v) is 6.12. The Labute approximate surface area is 58.5 Å². The van der Waals surface area contributed by atoms with Crippen LogP contribution in [0.4, 0.5) is 0 Å². The van der Waals surface area contributed by atoms with Gasteiger partial charge in [-0.3, -0.25) is 4.79 Å². The second kappa shape index (κ2) is 2.74. The highest BCUT2D eigenvalue weighted by Gasteiger charge is 2.25. The van der Waals surface area contributed by atoms with Gasteiger partial charge in [0.25, 0.3) is 0 Å². The molecule has 0 fully saturated rings. The minimum absolute atomic E-state index is 0.144. The number of hydrogen-bond donors (Lipinski definition) is 0. The molecule has 0 saturated heterocycles. The number of nitrogens with zero attached hydrogens (tertiary/aromatic N) is 2. The first-order chi connectivity index (χ1) is 4.42. The minimum atomic E-state index is -1.33. The average Bonchev–Trinajstić information content (AvgIpc) is 1.86. The monoisotopic (exact) mass is 145 g/mol. The lowest BCUT2D eigenvalue weighted by atomic mass is 10.0. The van der Waals surface area contributed by atoms with Gasteiger partial charge in [0, 0.05) is 5.29 Å². The molecule has 0 radical (unpaired) electrons. The Hall–Kier alpha value is -0.970. The Balaban J connectivity index is 4.38. The van der Waals surface area contributed by atoms with Crippen LogP contribution in [0.5, 0.6) is 0 Å². The van der Waals surface area contributed by atoms with E-state index in [0.29, 0.717) is 0 Å². The minimum Gasteiger partial charge on any atom is -0.739 e. The van der Waals surface area contributed by atoms with Crippen LogP contribution < -0.4 is 0 Å². The summed E-state index contributed by atoms with van der Waals surface area (Å²) in [5, 5.41) is 12.4. The van der Waals surface area contributed by atoms with Gasteiger partial charge in [-0.25, -0.2) is 0 Å². The van der Waals surface area contributed by atoms with Crippen molar-refractivity contribution in [1.82, 2.24) is 5.17 Å². The van der Waals surface area contributed by atoms with Crippen molar-refractivity contribution in [2.45, 2.75) is 26.3 Å². The van der Waals surface area contributed by atoms with E-state index >= 15 is 0 Å². The lowest BCUT2D eigenvalue weighted by molar-refractivity contribution is -0.125. The van der Waals surface area contributed by atoms with Crippen LogP contribution in [0.1, 0.15) is 20.8 Å². The van der Waals surface area contributed by atoms with E-state index in [0.717, 1.165) is 0 Å². The van der Waals surface area contributed by atoms with Crippen LogP contribution >= 0.6 is 0 Å². The molecule has 0 aliphatic heterocycles. The third kappa shape index (κ3) is 1.51. The van der Waals surface area contributed by atoms with Gasteiger partial charge in [-0.15, -0.1) is 4.91 Å². The summed E-state index contributed by atoms with van der Waals surface area (Å²) in [7, 11) is 0. The molecule has 0 unspecified atom stereocenters. The van der Waals surface area contributed by atoms with Crippen molar-refractivity contribution < 1.29 is 4.79 Å². The quantitative estimate of drug-likeness (QED) is 0.435. The Morgan fingerprint density at radius 3 is 2.10 bits per heavy atom. The summed E-state index contributed by atoms with van der Waals surface area (Å²) >= 11 is 0. The van der Waals surface area contributed by atoms with Crippen LogP contribution in [0.3, 0.4) is 0 Å². The van der Waals surface area contributed by atoms with Crippen molar-refractivity contribution in [2.75, 3.05) is 0 Å². The van der Waals surface area contributed by atoms with Gasteiger partial charge in [0.15, 0.2) is 5.78 Å². The molecule has 0 heterocycles. The number of Topliss-reactive ketones (excluding diaryl/α,β-unsaturated/α-hetero) is 1. The van der Waals surface area contributed by atoms with Gasteiger partial charge in [0.05, 0.1) is 0 Å². The number of hydrogen-bond acceptors (Lipinski definition) is 4. The fourth-order valence-corrected chi connectivity index (χ4v) is 0.237. The number of nitroso groups, excluding NO2 is 1. The summed E-state index contributed by atoms with van der Waals surface area (Å²) in [6.45, 7) is 3.91. The number of carbonyl (C=O) groups excluding carboxylic acids is 1. The van der Waals surface area contributed by atoms with Gasteiger partial charge in [-0.05, 0) is 20.8 Å². The molecule has 0 amide bonds. The number of hydroxylamine groups is 1. The normalized spacial score (nSPS) is 10.8. The van der Waals surface area contributed by atoms with Crippen molar-refractivity contribution in [2.24, 2.45) is 5.29 Å². The predicted octanol–water partition coefficient (Wildman–Crippen LogP) is 0.835. The van der Waals surface area contributed by atoms with Crippen LogP contribution in [0.25, 0.3) is 0 Å². The van der Waals surface area contributed by atoms with Crippen LogP contribution in [0, 0.1) is 10.1 Å². The van der Waals surface area contributed by atoms with Gasteiger partial charge < -0.3 is 10.4 Å². The van der Waals surface area contributed by atoms with E-state index in [-0.39, 0.29) is 11.0 Å². The highest BCUT2D eigenvalue weighted by Crippen LogP contribution is 2.13. The summed E-state index contributed by atoms with van der Waals surface area (Å²) < 4.78 is 0. The molecule has 0 aliphatic rings. The lowest BCUT2D eigenvalue weighted by Crippen LogP contribution is -2.42. The summed E-state index contributed by atoms with van der Waals surface area (Å²) in [6.07, 6.45) is 0. The number of carbonyl (C=O) groups is 1. The second-order valence-electron chi connectivity index (χ2n) is 2.47. The van der Waals surface area contributed by atoms with Crippen LogP contribution in [0.15, 0.2) is 5.29 Å². The average molecular weight is 145 g/mol. The molecule has 5 heteroatoms. The molecule has 0 bridgehead atoms. The Morgan fingerprint density at radius 2 is 2.00 bits per heavy atom. The van der Waals surface area contributed by atoms with E-state index in [1.54, 1.807) is 0 Å². The van der Waals surface area contributed by atoms with Crippen LogP contribution in [-0.4, -0.2) is 16.5 Å². The Kier molecular flexibility index (Phi) is 2.48. The highest BCUT2D eigenvalue weighted by molar-refractivity contribution is 5.85. The molecule has 0 saturated carbocycles. The van der Waals surface area contributed by atoms with Gasteiger partial charge in [-0.1, -0.05) is 0 Å². The molecule has 0 atom stereocenters. The van der Waals surface area contributed by atoms with E-state index < -0.39 is 5.54 Å². The van der Waals surface area contributed by atoms with E-state index in [9.17, 15) is 14.9 Å².